The molecule has 0 saturated carbocycles. The Bertz CT molecular complexity index is 1020. The largest absolute Gasteiger partial charge is 0.493 e. The average molecular weight is 477 g/mol. The Morgan fingerprint density at radius 1 is 0.970 bits per heavy atom. The highest BCUT2D eigenvalue weighted by molar-refractivity contribution is 5.85. The van der Waals surface area contributed by atoms with Crippen molar-refractivity contribution in [2.24, 2.45) is 0 Å². The number of aryl methyl sites for hydroxylation is 2. The van der Waals surface area contributed by atoms with E-state index in [1.807, 2.05) is 35.0 Å². The van der Waals surface area contributed by atoms with Crippen LogP contribution in [0.2, 0.25) is 0 Å². The van der Waals surface area contributed by atoms with Gasteiger partial charge in [-0.1, -0.05) is 18.2 Å². The van der Waals surface area contributed by atoms with E-state index < -0.39 is 0 Å². The predicted octanol–water partition coefficient (Wildman–Crippen LogP) is 2.83. The molecule has 0 N–H and O–H groups in total. The highest BCUT2D eigenvalue weighted by Crippen LogP contribution is 2.30. The molecule has 1 atom stereocenters. The summed E-state index contributed by atoms with van der Waals surface area (Å²) in [6, 6.07) is 12.4. The van der Waals surface area contributed by atoms with Gasteiger partial charge in [-0.05, 0) is 59.3 Å². The topological polar surface area (TPSA) is 68.5 Å². The van der Waals surface area contributed by atoms with E-state index in [0.29, 0.717) is 18.0 Å². The summed E-state index contributed by atoms with van der Waals surface area (Å²) in [5.41, 5.74) is 2.08. The molecule has 10 heteroatoms. The number of rotatable bonds is 8. The lowest BCUT2D eigenvalue weighted by Crippen LogP contribution is -2.46. The van der Waals surface area contributed by atoms with Gasteiger partial charge in [-0.2, -0.15) is 0 Å². The van der Waals surface area contributed by atoms with Gasteiger partial charge in [0.2, 0.25) is 0 Å². The fraction of sp³-hybridized carbons (Fsp3) is 0.435. The summed E-state index contributed by atoms with van der Waals surface area (Å²) in [4.78, 5) is 4.67. The van der Waals surface area contributed by atoms with Gasteiger partial charge in [0.25, 0.3) is 0 Å². The Hall–Kier alpha value is -2.75. The molecule has 0 radical (unpaired) electrons. The van der Waals surface area contributed by atoms with E-state index >= 15 is 0 Å². The Morgan fingerprint density at radius 2 is 1.67 bits per heavy atom. The van der Waals surface area contributed by atoms with Crippen LogP contribution in [0.5, 0.6) is 11.5 Å². The maximum Gasteiger partial charge on any atom is 0.173 e. The maximum absolute atomic E-state index is 13.6. The number of aromatic nitrogens is 4. The molecule has 33 heavy (non-hydrogen) atoms. The quantitative estimate of drug-likeness (QED) is 0.495. The van der Waals surface area contributed by atoms with Gasteiger partial charge < -0.3 is 14.4 Å². The molecule has 3 aromatic rings. The molecule has 1 aromatic heterocycles. The zero-order valence-corrected chi connectivity index (χ0v) is 20.0. The molecule has 2 aromatic carbocycles. The fourth-order valence-electron chi connectivity index (χ4n) is 4.09. The second-order valence-corrected chi connectivity index (χ2v) is 7.99. The third-order valence-electron chi connectivity index (χ3n) is 5.95. The zero-order valence-electron chi connectivity index (χ0n) is 19.1. The number of nitrogens with zero attached hydrogens (tertiary/aromatic N) is 6. The van der Waals surface area contributed by atoms with Crippen molar-refractivity contribution in [2.75, 3.05) is 47.4 Å². The molecule has 178 valence electrons. The van der Waals surface area contributed by atoms with Crippen molar-refractivity contribution in [3.05, 3.63) is 65.2 Å². The van der Waals surface area contributed by atoms with E-state index in [-0.39, 0.29) is 24.3 Å². The first-order chi connectivity index (χ1) is 15.6. The van der Waals surface area contributed by atoms with Crippen LogP contribution in [0.15, 0.2) is 42.5 Å². The first kappa shape index (κ1) is 24.9. The first-order valence-electron chi connectivity index (χ1n) is 10.7. The Kier molecular flexibility index (Phi) is 8.60. The highest BCUT2D eigenvalue weighted by Gasteiger charge is 2.30. The average Bonchev–Trinajstić information content (AvgIpc) is 3.28. The van der Waals surface area contributed by atoms with E-state index in [9.17, 15) is 4.39 Å². The van der Waals surface area contributed by atoms with E-state index in [1.165, 1.54) is 12.1 Å². The van der Waals surface area contributed by atoms with Gasteiger partial charge in [0, 0.05) is 32.7 Å². The minimum atomic E-state index is -0.251. The van der Waals surface area contributed by atoms with Crippen molar-refractivity contribution in [1.82, 2.24) is 30.0 Å². The third-order valence-corrected chi connectivity index (χ3v) is 5.95. The summed E-state index contributed by atoms with van der Waals surface area (Å²) in [5, 5.41) is 12.6. The van der Waals surface area contributed by atoms with Crippen LogP contribution in [0.1, 0.15) is 23.0 Å². The molecule has 8 nitrogen and oxygen atoms in total. The van der Waals surface area contributed by atoms with Crippen molar-refractivity contribution in [2.45, 2.75) is 19.0 Å². The molecule has 1 saturated heterocycles. The summed E-state index contributed by atoms with van der Waals surface area (Å²) in [7, 11) is 5.38. The Labute approximate surface area is 199 Å². The lowest BCUT2D eigenvalue weighted by Gasteiger charge is -2.37. The second-order valence-electron chi connectivity index (χ2n) is 7.99. The standard InChI is InChI=1S/C23H29FN6O2.ClH/c1-28-12-14-29(15-13-28)22(18-5-7-19(24)8-6-18)23-25-26-27-30(23)11-10-17-4-9-20(31-2)21(16-17)32-3;/h4-9,16,22H,10-15H2,1-3H3;1H. The van der Waals surface area contributed by atoms with Gasteiger partial charge in [-0.3, -0.25) is 4.90 Å². The van der Waals surface area contributed by atoms with Crippen molar-refractivity contribution in [3.63, 3.8) is 0 Å². The van der Waals surface area contributed by atoms with E-state index in [0.717, 1.165) is 49.6 Å². The molecular formula is C23H30ClFN6O2. The van der Waals surface area contributed by atoms with Crippen LogP contribution >= 0.6 is 12.4 Å². The second kappa shape index (κ2) is 11.4. The number of hydrogen-bond donors (Lipinski definition) is 0. The van der Waals surface area contributed by atoms with Gasteiger partial charge >= 0.3 is 0 Å². The van der Waals surface area contributed by atoms with Crippen molar-refractivity contribution in [3.8, 4) is 11.5 Å². The van der Waals surface area contributed by atoms with Gasteiger partial charge in [-0.25, -0.2) is 9.07 Å². The molecule has 0 spiro atoms. The number of methoxy groups -OCH3 is 2. The molecule has 4 rings (SSSR count). The summed E-state index contributed by atoms with van der Waals surface area (Å²) >= 11 is 0. The molecule has 1 aliphatic heterocycles. The molecule has 1 aliphatic rings. The normalized spacial score (nSPS) is 15.6. The van der Waals surface area contributed by atoms with Crippen LogP contribution in [0.3, 0.4) is 0 Å². The van der Waals surface area contributed by atoms with Crippen molar-refractivity contribution in [1.29, 1.82) is 0 Å². The molecule has 0 aliphatic carbocycles. The summed E-state index contributed by atoms with van der Waals surface area (Å²) in [6.07, 6.45) is 0.733. The third kappa shape index (κ3) is 5.79. The number of hydrogen-bond acceptors (Lipinski definition) is 7. The van der Waals surface area contributed by atoms with Gasteiger partial charge in [0.15, 0.2) is 17.3 Å². The maximum atomic E-state index is 13.6. The van der Waals surface area contributed by atoms with Gasteiger partial charge in [0.1, 0.15) is 5.82 Å². The first-order valence-corrected chi connectivity index (χ1v) is 10.7. The zero-order chi connectivity index (χ0) is 22.5. The number of benzene rings is 2. The number of ether oxygens (including phenoxy) is 2. The number of tetrazole rings is 1. The van der Waals surface area contributed by atoms with Crippen LogP contribution in [0.25, 0.3) is 0 Å². The molecule has 0 amide bonds. The van der Waals surface area contributed by atoms with Crippen LogP contribution in [0.4, 0.5) is 4.39 Å². The lowest BCUT2D eigenvalue weighted by molar-refractivity contribution is 0.121. The van der Waals surface area contributed by atoms with Crippen molar-refractivity contribution < 1.29 is 13.9 Å². The van der Waals surface area contributed by atoms with Gasteiger partial charge in [0.05, 0.1) is 20.3 Å². The van der Waals surface area contributed by atoms with E-state index in [2.05, 4.69) is 32.4 Å². The highest BCUT2D eigenvalue weighted by atomic mass is 35.5. The lowest BCUT2D eigenvalue weighted by atomic mass is 10.0. The summed E-state index contributed by atoms with van der Waals surface area (Å²) in [5.74, 6) is 1.91. The molecule has 1 fully saturated rings. The van der Waals surface area contributed by atoms with E-state index in [1.54, 1.807) is 14.2 Å². The molecule has 2 heterocycles. The monoisotopic (exact) mass is 476 g/mol. The van der Waals surface area contributed by atoms with Crippen LogP contribution in [0, 0.1) is 5.82 Å². The van der Waals surface area contributed by atoms with Crippen LogP contribution < -0.4 is 9.47 Å². The Balaban J connectivity index is 0.00000306. The molecular weight excluding hydrogens is 447 g/mol. The minimum absolute atomic E-state index is 0. The number of halogens is 2. The Morgan fingerprint density at radius 3 is 2.33 bits per heavy atom. The number of piperazine rings is 1. The smallest absolute Gasteiger partial charge is 0.173 e. The molecule has 0 bridgehead atoms. The van der Waals surface area contributed by atoms with Crippen LogP contribution in [-0.2, 0) is 13.0 Å². The fourth-order valence-corrected chi connectivity index (χ4v) is 4.09. The van der Waals surface area contributed by atoms with Crippen molar-refractivity contribution >= 4 is 12.4 Å². The van der Waals surface area contributed by atoms with E-state index in [4.69, 9.17) is 9.47 Å². The van der Waals surface area contributed by atoms with Gasteiger partial charge in [-0.15, -0.1) is 17.5 Å². The number of likely N-dealkylation sites (N-methyl/N-ethyl adjacent to an activating group) is 1. The van der Waals surface area contributed by atoms with Crippen LogP contribution in [-0.4, -0.2) is 77.5 Å². The SMILES string of the molecule is COc1ccc(CCn2nnnc2C(c2ccc(F)cc2)N2CCN(C)CC2)cc1OC.Cl. The summed E-state index contributed by atoms with van der Waals surface area (Å²) < 4.78 is 26.2. The molecule has 1 unspecified atom stereocenters. The predicted molar refractivity (Wildman–Crippen MR) is 126 cm³/mol. The summed E-state index contributed by atoms with van der Waals surface area (Å²) in [6.45, 7) is 4.32. The minimum Gasteiger partial charge on any atom is -0.493 e.